The van der Waals surface area contributed by atoms with Crippen molar-refractivity contribution in [2.24, 2.45) is 0 Å². The topological polar surface area (TPSA) is 108 Å². The third kappa shape index (κ3) is 2.52. The van der Waals surface area contributed by atoms with E-state index < -0.39 is 4.92 Å². The molecule has 0 bridgehead atoms. The van der Waals surface area contributed by atoms with Gasteiger partial charge >= 0.3 is 5.69 Å². The summed E-state index contributed by atoms with van der Waals surface area (Å²) in [5, 5.41) is 23.0. The lowest BCUT2D eigenvalue weighted by Crippen LogP contribution is -2.10. The van der Waals surface area contributed by atoms with Crippen LogP contribution >= 0.6 is 0 Å². The zero-order valence-electron chi connectivity index (χ0n) is 10.1. The number of aromatic amines is 1. The zero-order chi connectivity index (χ0) is 13.8. The number of H-pyrrole nitrogens is 1. The predicted octanol–water partition coefficient (Wildman–Crippen LogP) is 2.36. The minimum absolute atomic E-state index is 0.0293. The normalized spacial score (nSPS) is 11.6. The number of nitrogens with one attached hydrogen (secondary N) is 2. The maximum absolute atomic E-state index is 11.1. The van der Waals surface area contributed by atoms with Crippen molar-refractivity contribution in [1.29, 1.82) is 5.26 Å². The Bertz CT molecular complexity index is 630. The number of anilines is 1. The molecule has 2 rings (SSSR count). The molecule has 0 aliphatic carbocycles. The van der Waals surface area contributed by atoms with Crippen molar-refractivity contribution in [2.75, 3.05) is 5.32 Å². The van der Waals surface area contributed by atoms with Gasteiger partial charge in [0.15, 0.2) is 0 Å². The quantitative estimate of drug-likeness (QED) is 0.645. The molecule has 0 aliphatic rings. The van der Waals surface area contributed by atoms with E-state index in [1.807, 2.05) is 13.0 Å². The van der Waals surface area contributed by atoms with Gasteiger partial charge in [-0.1, -0.05) is 6.07 Å². The molecule has 0 fully saturated rings. The highest BCUT2D eigenvalue weighted by Crippen LogP contribution is 2.30. The van der Waals surface area contributed by atoms with E-state index in [0.717, 1.165) is 0 Å². The van der Waals surface area contributed by atoms with Crippen LogP contribution in [0.5, 0.6) is 0 Å². The van der Waals surface area contributed by atoms with Gasteiger partial charge < -0.3 is 10.3 Å². The molecule has 1 aromatic heterocycles. The molecule has 1 unspecified atom stereocenters. The Morgan fingerprint density at radius 2 is 2.37 bits per heavy atom. The number of para-hydroxylation sites is 1. The summed E-state index contributed by atoms with van der Waals surface area (Å²) in [6.45, 7) is 1.82. The highest BCUT2D eigenvalue weighted by atomic mass is 16.6. The summed E-state index contributed by atoms with van der Waals surface area (Å²) in [7, 11) is 0. The summed E-state index contributed by atoms with van der Waals surface area (Å²) in [4.78, 5) is 17.5. The van der Waals surface area contributed by atoms with E-state index in [-0.39, 0.29) is 17.3 Å². The molecule has 0 saturated heterocycles. The van der Waals surface area contributed by atoms with Gasteiger partial charge in [0.25, 0.3) is 0 Å². The van der Waals surface area contributed by atoms with Gasteiger partial charge in [-0.3, -0.25) is 10.1 Å². The second kappa shape index (κ2) is 5.18. The van der Waals surface area contributed by atoms with Crippen molar-refractivity contribution in [3.63, 3.8) is 0 Å². The summed E-state index contributed by atoms with van der Waals surface area (Å²) < 4.78 is 0. The van der Waals surface area contributed by atoms with Crippen molar-refractivity contribution < 1.29 is 4.92 Å². The van der Waals surface area contributed by atoms with Crippen LogP contribution in [0.25, 0.3) is 0 Å². The molecule has 0 amide bonds. The fourth-order valence-electron chi connectivity index (χ4n) is 1.76. The van der Waals surface area contributed by atoms with Gasteiger partial charge in [-0.05, 0) is 19.1 Å². The number of nitro benzene ring substituents is 1. The smallest absolute Gasteiger partial charge is 0.309 e. The van der Waals surface area contributed by atoms with Gasteiger partial charge in [-0.15, -0.1) is 0 Å². The van der Waals surface area contributed by atoms with Crippen molar-refractivity contribution in [3.05, 3.63) is 52.1 Å². The average molecular weight is 257 g/mol. The largest absolute Gasteiger partial charge is 0.370 e. The van der Waals surface area contributed by atoms with Crippen LogP contribution in [0.2, 0.25) is 0 Å². The second-order valence-corrected chi connectivity index (χ2v) is 3.91. The first kappa shape index (κ1) is 12.6. The molecular formula is C12H11N5O2. The number of benzene rings is 1. The van der Waals surface area contributed by atoms with E-state index >= 15 is 0 Å². The van der Waals surface area contributed by atoms with Crippen LogP contribution in [0.1, 0.15) is 24.4 Å². The molecule has 19 heavy (non-hydrogen) atoms. The highest BCUT2D eigenvalue weighted by Gasteiger charge is 2.21. The Balaban J connectivity index is 2.35. The van der Waals surface area contributed by atoms with Crippen LogP contribution in [0.15, 0.2) is 30.6 Å². The van der Waals surface area contributed by atoms with Crippen LogP contribution in [0.4, 0.5) is 11.4 Å². The van der Waals surface area contributed by atoms with Gasteiger partial charge in [0, 0.05) is 12.4 Å². The Morgan fingerprint density at radius 1 is 1.58 bits per heavy atom. The van der Waals surface area contributed by atoms with E-state index in [1.165, 1.54) is 6.07 Å². The summed E-state index contributed by atoms with van der Waals surface area (Å²) in [5.41, 5.74) is 0.109. The maximum atomic E-state index is 11.1. The molecular weight excluding hydrogens is 246 g/mol. The first-order chi connectivity index (χ1) is 9.13. The Kier molecular flexibility index (Phi) is 3.43. The summed E-state index contributed by atoms with van der Waals surface area (Å²) in [6, 6.07) is 6.17. The van der Waals surface area contributed by atoms with E-state index in [9.17, 15) is 10.1 Å². The number of nitrogens with zero attached hydrogens (tertiary/aromatic N) is 3. The van der Waals surface area contributed by atoms with E-state index in [0.29, 0.717) is 11.5 Å². The molecule has 96 valence electrons. The lowest BCUT2D eigenvalue weighted by atomic mass is 10.1. The van der Waals surface area contributed by atoms with Gasteiger partial charge in [0.2, 0.25) is 0 Å². The fourth-order valence-corrected chi connectivity index (χ4v) is 1.76. The van der Waals surface area contributed by atoms with Crippen molar-refractivity contribution in [3.8, 4) is 6.07 Å². The number of nitro groups is 1. The lowest BCUT2D eigenvalue weighted by Gasteiger charge is -2.13. The number of nitriles is 1. The third-order valence-electron chi connectivity index (χ3n) is 2.64. The number of rotatable bonds is 4. The molecule has 7 heteroatoms. The minimum Gasteiger partial charge on any atom is -0.370 e. The van der Waals surface area contributed by atoms with Gasteiger partial charge in [-0.2, -0.15) is 5.26 Å². The molecule has 1 aromatic carbocycles. The first-order valence-corrected chi connectivity index (χ1v) is 5.56. The minimum atomic E-state index is -0.560. The number of imidazole rings is 1. The van der Waals surface area contributed by atoms with Crippen LogP contribution < -0.4 is 5.32 Å². The molecule has 0 saturated carbocycles. The van der Waals surface area contributed by atoms with Crippen LogP contribution in [0.3, 0.4) is 0 Å². The average Bonchev–Trinajstić information content (AvgIpc) is 2.92. The van der Waals surface area contributed by atoms with Crippen molar-refractivity contribution >= 4 is 11.4 Å². The summed E-state index contributed by atoms with van der Waals surface area (Å²) in [5.74, 6) is 0.664. The van der Waals surface area contributed by atoms with Crippen LogP contribution in [-0.2, 0) is 0 Å². The van der Waals surface area contributed by atoms with Gasteiger partial charge in [0.1, 0.15) is 23.1 Å². The summed E-state index contributed by atoms with van der Waals surface area (Å²) in [6.07, 6.45) is 3.28. The Labute approximate surface area is 109 Å². The molecule has 0 radical (unpaired) electrons. The van der Waals surface area contributed by atoms with Crippen molar-refractivity contribution in [1.82, 2.24) is 9.97 Å². The predicted molar refractivity (Wildman–Crippen MR) is 68.4 cm³/mol. The van der Waals surface area contributed by atoms with E-state index in [2.05, 4.69) is 15.3 Å². The standard InChI is InChI=1S/C12H11N5O2/c1-8(12-14-5-6-15-12)16-10-4-2-3-9(7-13)11(10)17(18)19/h2-6,8,16H,1H3,(H,14,15). The molecule has 1 heterocycles. The molecule has 2 aromatic rings. The first-order valence-electron chi connectivity index (χ1n) is 5.56. The number of hydrogen-bond donors (Lipinski definition) is 2. The highest BCUT2D eigenvalue weighted by molar-refractivity contribution is 5.68. The van der Waals surface area contributed by atoms with Crippen LogP contribution in [-0.4, -0.2) is 14.9 Å². The van der Waals surface area contributed by atoms with Gasteiger partial charge in [-0.25, -0.2) is 4.98 Å². The lowest BCUT2D eigenvalue weighted by molar-refractivity contribution is -0.384. The van der Waals surface area contributed by atoms with Crippen LogP contribution in [0, 0.1) is 21.4 Å². The number of aromatic nitrogens is 2. The Morgan fingerprint density at radius 3 is 2.95 bits per heavy atom. The number of hydrogen-bond acceptors (Lipinski definition) is 5. The SMILES string of the molecule is CC(Nc1cccc(C#N)c1[N+](=O)[O-])c1ncc[nH]1. The molecule has 1 atom stereocenters. The monoisotopic (exact) mass is 257 g/mol. The molecule has 2 N–H and O–H groups in total. The Hall–Kier alpha value is -2.88. The van der Waals surface area contributed by atoms with E-state index in [4.69, 9.17) is 5.26 Å². The third-order valence-corrected chi connectivity index (χ3v) is 2.64. The van der Waals surface area contributed by atoms with Gasteiger partial charge in [0.05, 0.1) is 11.0 Å². The van der Waals surface area contributed by atoms with E-state index in [1.54, 1.807) is 24.5 Å². The molecule has 0 aliphatic heterocycles. The zero-order valence-corrected chi connectivity index (χ0v) is 10.1. The fraction of sp³-hybridized carbons (Fsp3) is 0.167. The summed E-state index contributed by atoms with van der Waals surface area (Å²) >= 11 is 0. The molecule has 0 spiro atoms. The maximum Gasteiger partial charge on any atom is 0.309 e. The molecule has 7 nitrogen and oxygen atoms in total. The second-order valence-electron chi connectivity index (χ2n) is 3.91. The van der Waals surface area contributed by atoms with Crippen molar-refractivity contribution in [2.45, 2.75) is 13.0 Å².